The van der Waals surface area contributed by atoms with E-state index in [0.29, 0.717) is 24.9 Å². The lowest BCUT2D eigenvalue weighted by atomic mass is 10.3. The average Bonchev–Trinajstić information content (AvgIpc) is 2.30. The molecule has 0 rings (SSSR count). The topological polar surface area (TPSA) is 43.0 Å². The fourth-order valence-electron chi connectivity index (χ4n) is 1.63. The molecular formula is C12H26N2O3S. The summed E-state index contributed by atoms with van der Waals surface area (Å²) in [7, 11) is 5.05. The molecule has 0 aliphatic rings. The standard InChI is InChI=1S/C12H26N2O3S/c1-10(8-16-4)13-12(18)14(6-7-15-3)11(2)9-17-5/h10-11H,6-9H2,1-5H3,(H,13,18). The summed E-state index contributed by atoms with van der Waals surface area (Å²) in [4.78, 5) is 2.08. The molecule has 108 valence electrons. The molecule has 0 spiro atoms. The SMILES string of the molecule is COCCN(C(=S)NC(C)COC)C(C)COC. The summed E-state index contributed by atoms with van der Waals surface area (Å²) in [5.74, 6) is 0. The Balaban J connectivity index is 4.38. The number of nitrogens with one attached hydrogen (secondary N) is 1. The number of hydrogen-bond donors (Lipinski definition) is 1. The van der Waals surface area contributed by atoms with Crippen LogP contribution >= 0.6 is 12.2 Å². The minimum Gasteiger partial charge on any atom is -0.383 e. The van der Waals surface area contributed by atoms with Gasteiger partial charge in [-0.2, -0.15) is 0 Å². The van der Waals surface area contributed by atoms with Crippen LogP contribution in [0.25, 0.3) is 0 Å². The van der Waals surface area contributed by atoms with E-state index in [0.717, 1.165) is 6.54 Å². The van der Waals surface area contributed by atoms with Crippen LogP contribution in [0.15, 0.2) is 0 Å². The Bertz CT molecular complexity index is 229. The summed E-state index contributed by atoms with van der Waals surface area (Å²) >= 11 is 5.42. The number of ether oxygens (including phenoxy) is 3. The second-order valence-corrected chi connectivity index (χ2v) is 4.68. The van der Waals surface area contributed by atoms with Crippen molar-refractivity contribution in [1.29, 1.82) is 0 Å². The van der Waals surface area contributed by atoms with Crippen LogP contribution in [0.4, 0.5) is 0 Å². The van der Waals surface area contributed by atoms with Crippen LogP contribution in [-0.2, 0) is 14.2 Å². The molecule has 0 aliphatic heterocycles. The molecule has 0 amide bonds. The van der Waals surface area contributed by atoms with Gasteiger partial charge in [0, 0.05) is 33.9 Å². The molecule has 0 aromatic carbocycles. The molecule has 0 bridgehead atoms. The Hall–Kier alpha value is -0.430. The van der Waals surface area contributed by atoms with Gasteiger partial charge in [-0.05, 0) is 26.1 Å². The third-order valence-corrected chi connectivity index (χ3v) is 2.88. The van der Waals surface area contributed by atoms with E-state index in [2.05, 4.69) is 17.1 Å². The molecule has 2 atom stereocenters. The smallest absolute Gasteiger partial charge is 0.169 e. The molecule has 0 fully saturated rings. The fraction of sp³-hybridized carbons (Fsp3) is 0.917. The molecule has 0 heterocycles. The lowest BCUT2D eigenvalue weighted by molar-refractivity contribution is 0.111. The minimum absolute atomic E-state index is 0.183. The van der Waals surface area contributed by atoms with Crippen LogP contribution in [-0.4, -0.2) is 69.8 Å². The molecule has 0 aliphatic carbocycles. The second kappa shape index (κ2) is 10.5. The van der Waals surface area contributed by atoms with Crippen molar-refractivity contribution in [3.8, 4) is 0 Å². The van der Waals surface area contributed by atoms with Crippen molar-refractivity contribution in [2.45, 2.75) is 25.9 Å². The Labute approximate surface area is 116 Å². The number of rotatable bonds is 9. The van der Waals surface area contributed by atoms with E-state index in [1.54, 1.807) is 21.3 Å². The maximum Gasteiger partial charge on any atom is 0.169 e. The van der Waals surface area contributed by atoms with Crippen molar-refractivity contribution in [1.82, 2.24) is 10.2 Å². The molecular weight excluding hydrogens is 252 g/mol. The maximum atomic E-state index is 5.42. The van der Waals surface area contributed by atoms with Crippen molar-refractivity contribution in [3.05, 3.63) is 0 Å². The zero-order valence-corrected chi connectivity index (χ0v) is 12.9. The summed E-state index contributed by atoms with van der Waals surface area (Å²) in [6.45, 7) is 6.74. The zero-order chi connectivity index (χ0) is 14.0. The zero-order valence-electron chi connectivity index (χ0n) is 12.1. The van der Waals surface area contributed by atoms with Crippen LogP contribution in [0.2, 0.25) is 0 Å². The lowest BCUT2D eigenvalue weighted by Crippen LogP contribution is -2.50. The summed E-state index contributed by atoms with van der Waals surface area (Å²) in [6.07, 6.45) is 0. The van der Waals surface area contributed by atoms with Crippen LogP contribution in [0.1, 0.15) is 13.8 Å². The van der Waals surface area contributed by atoms with Crippen molar-refractivity contribution in [3.63, 3.8) is 0 Å². The molecule has 18 heavy (non-hydrogen) atoms. The molecule has 2 unspecified atom stereocenters. The van der Waals surface area contributed by atoms with E-state index in [4.69, 9.17) is 26.4 Å². The fourth-order valence-corrected chi connectivity index (χ4v) is 2.10. The van der Waals surface area contributed by atoms with Crippen LogP contribution < -0.4 is 5.32 Å². The minimum atomic E-state index is 0.183. The Morgan fingerprint density at radius 3 is 2.22 bits per heavy atom. The first-order valence-corrected chi connectivity index (χ1v) is 6.51. The Morgan fingerprint density at radius 1 is 1.11 bits per heavy atom. The van der Waals surface area contributed by atoms with E-state index >= 15 is 0 Å². The molecule has 0 radical (unpaired) electrons. The van der Waals surface area contributed by atoms with Crippen molar-refractivity contribution >= 4 is 17.3 Å². The molecule has 6 heteroatoms. The molecule has 0 aromatic rings. The largest absolute Gasteiger partial charge is 0.383 e. The quantitative estimate of drug-likeness (QED) is 0.632. The first kappa shape index (κ1) is 17.6. The molecule has 0 saturated heterocycles. The van der Waals surface area contributed by atoms with Gasteiger partial charge >= 0.3 is 0 Å². The van der Waals surface area contributed by atoms with Gasteiger partial charge in [-0.3, -0.25) is 0 Å². The van der Waals surface area contributed by atoms with Gasteiger partial charge in [0.15, 0.2) is 5.11 Å². The molecule has 1 N–H and O–H groups in total. The number of nitrogens with zero attached hydrogens (tertiary/aromatic N) is 1. The van der Waals surface area contributed by atoms with Gasteiger partial charge in [0.25, 0.3) is 0 Å². The van der Waals surface area contributed by atoms with Gasteiger partial charge in [0.05, 0.1) is 25.9 Å². The molecule has 0 aromatic heterocycles. The number of methoxy groups -OCH3 is 3. The van der Waals surface area contributed by atoms with E-state index in [9.17, 15) is 0 Å². The first-order chi connectivity index (χ1) is 8.56. The van der Waals surface area contributed by atoms with Gasteiger partial charge in [-0.15, -0.1) is 0 Å². The van der Waals surface area contributed by atoms with Gasteiger partial charge in [0.2, 0.25) is 0 Å². The normalized spacial score (nSPS) is 14.1. The van der Waals surface area contributed by atoms with Crippen molar-refractivity contribution < 1.29 is 14.2 Å². The Kier molecular flexibility index (Phi) is 10.2. The average molecular weight is 278 g/mol. The van der Waals surface area contributed by atoms with Crippen LogP contribution in [0, 0.1) is 0 Å². The second-order valence-electron chi connectivity index (χ2n) is 4.30. The van der Waals surface area contributed by atoms with E-state index in [-0.39, 0.29) is 12.1 Å². The maximum absolute atomic E-state index is 5.42. The van der Waals surface area contributed by atoms with E-state index in [1.807, 2.05) is 6.92 Å². The highest BCUT2D eigenvalue weighted by atomic mass is 32.1. The Morgan fingerprint density at radius 2 is 1.72 bits per heavy atom. The third kappa shape index (κ3) is 7.10. The van der Waals surface area contributed by atoms with Crippen LogP contribution in [0.3, 0.4) is 0 Å². The van der Waals surface area contributed by atoms with Gasteiger partial charge in [-0.1, -0.05) is 0 Å². The van der Waals surface area contributed by atoms with Gasteiger partial charge in [-0.25, -0.2) is 0 Å². The van der Waals surface area contributed by atoms with Gasteiger partial charge < -0.3 is 24.4 Å². The molecule has 5 nitrogen and oxygen atoms in total. The summed E-state index contributed by atoms with van der Waals surface area (Å²) in [5.41, 5.74) is 0. The molecule has 0 saturated carbocycles. The van der Waals surface area contributed by atoms with E-state index in [1.165, 1.54) is 0 Å². The highest BCUT2D eigenvalue weighted by Gasteiger charge is 2.17. The first-order valence-electron chi connectivity index (χ1n) is 6.10. The van der Waals surface area contributed by atoms with Crippen molar-refractivity contribution in [2.24, 2.45) is 0 Å². The van der Waals surface area contributed by atoms with Gasteiger partial charge in [0.1, 0.15) is 0 Å². The number of thiocarbonyl (C=S) groups is 1. The summed E-state index contributed by atoms with van der Waals surface area (Å²) in [6, 6.07) is 0.391. The van der Waals surface area contributed by atoms with Crippen LogP contribution in [0.5, 0.6) is 0 Å². The van der Waals surface area contributed by atoms with Crippen molar-refractivity contribution in [2.75, 3.05) is 47.7 Å². The highest BCUT2D eigenvalue weighted by molar-refractivity contribution is 7.80. The summed E-state index contributed by atoms with van der Waals surface area (Å²) < 4.78 is 15.4. The monoisotopic (exact) mass is 278 g/mol. The highest BCUT2D eigenvalue weighted by Crippen LogP contribution is 2.02. The predicted octanol–water partition coefficient (Wildman–Crippen LogP) is 0.879. The summed E-state index contributed by atoms with van der Waals surface area (Å²) in [5, 5.41) is 3.96. The lowest BCUT2D eigenvalue weighted by Gasteiger charge is -2.32. The number of hydrogen-bond acceptors (Lipinski definition) is 4. The van der Waals surface area contributed by atoms with E-state index < -0.39 is 0 Å². The third-order valence-electron chi connectivity index (χ3n) is 2.52. The predicted molar refractivity (Wildman–Crippen MR) is 77.0 cm³/mol.